The van der Waals surface area contributed by atoms with Crippen LogP contribution in [-0.2, 0) is 4.79 Å². The van der Waals surface area contributed by atoms with Gasteiger partial charge in [-0.05, 0) is 68.5 Å². The van der Waals surface area contributed by atoms with Crippen LogP contribution >= 0.6 is 11.8 Å². The summed E-state index contributed by atoms with van der Waals surface area (Å²) in [7, 11) is 0. The van der Waals surface area contributed by atoms with Gasteiger partial charge in [-0.3, -0.25) is 4.79 Å². The fourth-order valence-corrected chi connectivity index (χ4v) is 6.85. The van der Waals surface area contributed by atoms with Gasteiger partial charge in [-0.2, -0.15) is 11.8 Å². The van der Waals surface area contributed by atoms with Crippen LogP contribution in [0.4, 0.5) is 0 Å². The Labute approximate surface area is 125 Å². The van der Waals surface area contributed by atoms with Crippen molar-refractivity contribution < 1.29 is 9.90 Å². The van der Waals surface area contributed by atoms with E-state index in [-0.39, 0.29) is 11.3 Å². The van der Waals surface area contributed by atoms with E-state index in [9.17, 15) is 9.90 Å². The molecule has 0 spiro atoms. The van der Waals surface area contributed by atoms with Crippen LogP contribution in [0.1, 0.15) is 44.9 Å². The Balaban J connectivity index is 1.43. The summed E-state index contributed by atoms with van der Waals surface area (Å²) in [6, 6.07) is 0. The van der Waals surface area contributed by atoms with Gasteiger partial charge in [-0.25, -0.2) is 0 Å². The molecular weight excluding hydrogens is 270 g/mol. The van der Waals surface area contributed by atoms with Gasteiger partial charge in [-0.15, -0.1) is 0 Å². The molecule has 1 aliphatic heterocycles. The topological polar surface area (TPSA) is 49.3 Å². The molecule has 1 unspecified atom stereocenters. The van der Waals surface area contributed by atoms with Crippen molar-refractivity contribution in [3.8, 4) is 0 Å². The molecule has 4 heteroatoms. The summed E-state index contributed by atoms with van der Waals surface area (Å²) in [5.74, 6) is 4.45. The van der Waals surface area contributed by atoms with Gasteiger partial charge in [0.25, 0.3) is 0 Å². The highest BCUT2D eigenvalue weighted by molar-refractivity contribution is 7.99. The van der Waals surface area contributed by atoms with E-state index in [4.69, 9.17) is 0 Å². The van der Waals surface area contributed by atoms with Crippen molar-refractivity contribution in [2.75, 3.05) is 18.1 Å². The molecule has 5 aliphatic rings. The van der Waals surface area contributed by atoms with Crippen molar-refractivity contribution in [2.45, 2.75) is 50.5 Å². The van der Waals surface area contributed by atoms with Crippen LogP contribution in [0.25, 0.3) is 0 Å². The Kier molecular flexibility index (Phi) is 3.12. The average molecular weight is 295 g/mol. The van der Waals surface area contributed by atoms with Crippen molar-refractivity contribution in [1.82, 2.24) is 5.32 Å². The lowest BCUT2D eigenvalue weighted by Crippen LogP contribution is -2.55. The number of aliphatic hydroxyl groups is 1. The van der Waals surface area contributed by atoms with Crippen LogP contribution in [0.5, 0.6) is 0 Å². The minimum Gasteiger partial charge on any atom is -0.387 e. The Morgan fingerprint density at radius 3 is 2.25 bits per heavy atom. The van der Waals surface area contributed by atoms with E-state index >= 15 is 0 Å². The molecular formula is C16H25NO2S. The van der Waals surface area contributed by atoms with E-state index in [0.717, 1.165) is 54.9 Å². The fourth-order valence-electron chi connectivity index (χ4n) is 5.56. The number of amides is 1. The van der Waals surface area contributed by atoms with Crippen molar-refractivity contribution >= 4 is 17.7 Å². The molecule has 112 valence electrons. The zero-order valence-electron chi connectivity index (χ0n) is 12.1. The monoisotopic (exact) mass is 295 g/mol. The first kappa shape index (κ1) is 13.4. The Morgan fingerprint density at radius 2 is 1.75 bits per heavy atom. The lowest BCUT2D eigenvalue weighted by molar-refractivity contribution is -0.147. The molecule has 4 aliphatic carbocycles. The summed E-state index contributed by atoms with van der Waals surface area (Å²) in [5.41, 5.74) is -0.723. The Hall–Kier alpha value is -0.220. The van der Waals surface area contributed by atoms with E-state index in [2.05, 4.69) is 5.32 Å². The third-order valence-electron chi connectivity index (χ3n) is 6.18. The average Bonchev–Trinajstić information content (AvgIpc) is 2.82. The zero-order valence-corrected chi connectivity index (χ0v) is 12.9. The predicted molar refractivity (Wildman–Crippen MR) is 80.5 cm³/mol. The van der Waals surface area contributed by atoms with E-state index in [0.29, 0.717) is 6.54 Å². The van der Waals surface area contributed by atoms with E-state index in [1.165, 1.54) is 19.3 Å². The lowest BCUT2D eigenvalue weighted by Gasteiger charge is -2.55. The fraction of sp³-hybridized carbons (Fsp3) is 0.938. The quantitative estimate of drug-likeness (QED) is 0.839. The number of carbonyl (C=O) groups excluding carboxylic acids is 1. The number of thioether (sulfide) groups is 1. The van der Waals surface area contributed by atoms with Gasteiger partial charge in [0.15, 0.2) is 0 Å². The number of carbonyl (C=O) groups is 1. The lowest BCUT2D eigenvalue weighted by atomic mass is 9.49. The summed E-state index contributed by atoms with van der Waals surface area (Å²) in [4.78, 5) is 12.8. The highest BCUT2D eigenvalue weighted by atomic mass is 32.2. The van der Waals surface area contributed by atoms with Gasteiger partial charge in [0.1, 0.15) is 0 Å². The van der Waals surface area contributed by atoms with Crippen molar-refractivity contribution in [3.05, 3.63) is 0 Å². The Bertz CT molecular complexity index is 381. The van der Waals surface area contributed by atoms with E-state index < -0.39 is 5.60 Å². The molecule has 5 rings (SSSR count). The van der Waals surface area contributed by atoms with E-state index in [1.807, 2.05) is 0 Å². The first-order valence-electron chi connectivity index (χ1n) is 8.15. The molecule has 20 heavy (non-hydrogen) atoms. The summed E-state index contributed by atoms with van der Waals surface area (Å²) in [6.45, 7) is 0.459. The minimum absolute atomic E-state index is 0.0726. The maximum atomic E-state index is 12.8. The molecule has 1 amide bonds. The maximum absolute atomic E-state index is 12.8. The standard InChI is InChI=1S/C16H25NO2S/c18-14(17-9-16(19)1-2-20-10-16)15-6-11-3-12(7-15)5-13(4-11)8-15/h11-13,19H,1-10H2,(H,17,18). The van der Waals surface area contributed by atoms with Gasteiger partial charge in [0.05, 0.1) is 5.60 Å². The van der Waals surface area contributed by atoms with Crippen LogP contribution < -0.4 is 5.32 Å². The number of nitrogens with one attached hydrogen (secondary N) is 1. The zero-order chi connectivity index (χ0) is 13.8. The normalized spacial score (nSPS) is 49.5. The molecule has 0 aromatic rings. The molecule has 0 aromatic heterocycles. The smallest absolute Gasteiger partial charge is 0.226 e. The maximum Gasteiger partial charge on any atom is 0.226 e. The van der Waals surface area contributed by atoms with Gasteiger partial charge < -0.3 is 10.4 Å². The summed E-state index contributed by atoms with van der Waals surface area (Å²) >= 11 is 1.79. The molecule has 1 heterocycles. The first-order valence-corrected chi connectivity index (χ1v) is 9.31. The predicted octanol–water partition coefficient (Wildman–Crippen LogP) is 2.19. The molecule has 1 saturated heterocycles. The van der Waals surface area contributed by atoms with Gasteiger partial charge in [-0.1, -0.05) is 0 Å². The van der Waals surface area contributed by atoms with Gasteiger partial charge >= 0.3 is 0 Å². The molecule has 5 fully saturated rings. The van der Waals surface area contributed by atoms with Crippen molar-refractivity contribution in [3.63, 3.8) is 0 Å². The largest absolute Gasteiger partial charge is 0.387 e. The summed E-state index contributed by atoms with van der Waals surface area (Å²) in [5, 5.41) is 13.5. The second-order valence-corrected chi connectivity index (χ2v) is 9.01. The second-order valence-electron chi connectivity index (χ2n) is 7.91. The highest BCUT2D eigenvalue weighted by Gasteiger charge is 2.54. The van der Waals surface area contributed by atoms with Crippen LogP contribution in [0.15, 0.2) is 0 Å². The van der Waals surface area contributed by atoms with Gasteiger partial charge in [0, 0.05) is 17.7 Å². The third kappa shape index (κ3) is 2.19. The first-order chi connectivity index (χ1) is 9.57. The molecule has 3 nitrogen and oxygen atoms in total. The van der Waals surface area contributed by atoms with Crippen LogP contribution in [0.3, 0.4) is 0 Å². The van der Waals surface area contributed by atoms with Crippen LogP contribution in [0, 0.1) is 23.2 Å². The summed E-state index contributed by atoms with van der Waals surface area (Å²) < 4.78 is 0. The van der Waals surface area contributed by atoms with Crippen LogP contribution in [0.2, 0.25) is 0 Å². The molecule has 0 aromatic carbocycles. The molecule has 4 saturated carbocycles. The summed E-state index contributed by atoms with van der Waals surface area (Å²) in [6.07, 6.45) is 8.25. The molecule has 2 N–H and O–H groups in total. The number of hydrogen-bond acceptors (Lipinski definition) is 3. The molecule has 4 bridgehead atoms. The van der Waals surface area contributed by atoms with E-state index in [1.54, 1.807) is 11.8 Å². The Morgan fingerprint density at radius 1 is 1.15 bits per heavy atom. The third-order valence-corrected chi connectivity index (χ3v) is 7.41. The van der Waals surface area contributed by atoms with Gasteiger partial charge in [0.2, 0.25) is 5.91 Å². The number of rotatable bonds is 3. The van der Waals surface area contributed by atoms with Crippen molar-refractivity contribution in [2.24, 2.45) is 23.2 Å². The molecule has 0 radical (unpaired) electrons. The minimum atomic E-state index is -0.650. The molecule has 1 atom stereocenters. The van der Waals surface area contributed by atoms with Crippen molar-refractivity contribution in [1.29, 1.82) is 0 Å². The highest BCUT2D eigenvalue weighted by Crippen LogP contribution is 2.60. The number of hydrogen-bond donors (Lipinski definition) is 2. The second kappa shape index (κ2) is 4.64. The van der Waals surface area contributed by atoms with Crippen LogP contribution in [-0.4, -0.2) is 34.7 Å². The SMILES string of the molecule is O=C(NCC1(O)CCSC1)C12CC3CC(CC(C3)C1)C2.